The lowest BCUT2D eigenvalue weighted by Crippen LogP contribution is -2.07. The molecule has 0 spiro atoms. The molecule has 4 heteroatoms. The van der Waals surface area contributed by atoms with Crippen molar-refractivity contribution in [3.05, 3.63) is 12.7 Å². The van der Waals surface area contributed by atoms with Crippen LogP contribution in [0.4, 0.5) is 0 Å². The Bertz CT molecular complexity index is 143. The number of rotatable bonds is 5. The normalized spacial score (nSPS) is 7.85. The maximum atomic E-state index is 10.2. The maximum Gasteiger partial charge on any atom is 0.302 e. The quantitative estimate of drug-likeness (QED) is 0.279. The van der Waals surface area contributed by atoms with Gasteiger partial charge in [-0.1, -0.05) is 6.08 Å². The van der Waals surface area contributed by atoms with Gasteiger partial charge in [0.05, 0.1) is 13.2 Å². The SMILES string of the molecule is C=CCOCCOC(C)=O.CC=O. The van der Waals surface area contributed by atoms with E-state index in [9.17, 15) is 4.79 Å². The highest BCUT2D eigenvalue weighted by atomic mass is 16.6. The number of aldehydes is 1. The van der Waals surface area contributed by atoms with E-state index >= 15 is 0 Å². The van der Waals surface area contributed by atoms with Crippen molar-refractivity contribution in [2.45, 2.75) is 13.8 Å². The Morgan fingerprint density at radius 3 is 2.38 bits per heavy atom. The fourth-order valence-electron chi connectivity index (χ4n) is 0.411. The molecule has 0 radical (unpaired) electrons. The highest BCUT2D eigenvalue weighted by molar-refractivity contribution is 5.65. The van der Waals surface area contributed by atoms with Crippen LogP contribution >= 0.6 is 0 Å². The lowest BCUT2D eigenvalue weighted by molar-refractivity contribution is -0.142. The maximum absolute atomic E-state index is 10.2. The molecule has 0 bridgehead atoms. The molecule has 0 aromatic carbocycles. The van der Waals surface area contributed by atoms with Gasteiger partial charge in [0.25, 0.3) is 0 Å². The van der Waals surface area contributed by atoms with Crippen LogP contribution in [0.1, 0.15) is 13.8 Å². The van der Waals surface area contributed by atoms with Gasteiger partial charge < -0.3 is 14.3 Å². The molecule has 0 aromatic heterocycles. The molecule has 0 fully saturated rings. The summed E-state index contributed by atoms with van der Waals surface area (Å²) in [4.78, 5) is 19.0. The fraction of sp³-hybridized carbons (Fsp3) is 0.556. The standard InChI is InChI=1S/C7H12O3.C2H4O/c1-3-4-9-5-6-10-7(2)8;1-2-3/h3H,1,4-6H2,2H3;2H,1H3. The van der Waals surface area contributed by atoms with Crippen LogP contribution in [0, 0.1) is 0 Å². The van der Waals surface area contributed by atoms with Gasteiger partial charge in [-0.15, -0.1) is 6.58 Å². The fourth-order valence-corrected chi connectivity index (χ4v) is 0.411. The van der Waals surface area contributed by atoms with Crippen LogP contribution in [-0.4, -0.2) is 32.1 Å². The molecule has 0 atom stereocenters. The van der Waals surface area contributed by atoms with E-state index in [1.165, 1.54) is 13.8 Å². The largest absolute Gasteiger partial charge is 0.463 e. The molecular formula is C9H16O4. The highest BCUT2D eigenvalue weighted by Gasteiger charge is 1.90. The summed E-state index contributed by atoms with van der Waals surface area (Å²) in [5.41, 5.74) is 0. The van der Waals surface area contributed by atoms with Crippen LogP contribution in [0.15, 0.2) is 12.7 Å². The Balaban J connectivity index is 0. The van der Waals surface area contributed by atoms with Crippen molar-refractivity contribution in [1.82, 2.24) is 0 Å². The van der Waals surface area contributed by atoms with E-state index in [0.717, 1.165) is 6.29 Å². The van der Waals surface area contributed by atoms with Crippen LogP contribution in [-0.2, 0) is 19.1 Å². The highest BCUT2D eigenvalue weighted by Crippen LogP contribution is 1.79. The van der Waals surface area contributed by atoms with E-state index in [4.69, 9.17) is 9.53 Å². The van der Waals surface area contributed by atoms with Crippen molar-refractivity contribution in [1.29, 1.82) is 0 Å². The molecule has 0 unspecified atom stereocenters. The second kappa shape index (κ2) is 13.4. The summed E-state index contributed by atoms with van der Waals surface area (Å²) in [5, 5.41) is 0. The topological polar surface area (TPSA) is 52.6 Å². The summed E-state index contributed by atoms with van der Waals surface area (Å²) in [7, 11) is 0. The van der Waals surface area contributed by atoms with Crippen molar-refractivity contribution in [2.75, 3.05) is 19.8 Å². The third-order valence-corrected chi connectivity index (χ3v) is 0.769. The lowest BCUT2D eigenvalue weighted by atomic mass is 10.7. The minimum absolute atomic E-state index is 0.276. The molecule has 0 aromatic rings. The number of hydrogen-bond donors (Lipinski definition) is 0. The van der Waals surface area contributed by atoms with Crippen LogP contribution in [0.3, 0.4) is 0 Å². The summed E-state index contributed by atoms with van der Waals surface area (Å²) in [6.45, 7) is 7.53. The predicted molar refractivity (Wildman–Crippen MR) is 49.4 cm³/mol. The molecule has 76 valence electrons. The molecular weight excluding hydrogens is 172 g/mol. The van der Waals surface area contributed by atoms with E-state index in [0.29, 0.717) is 19.8 Å². The van der Waals surface area contributed by atoms with Crippen LogP contribution < -0.4 is 0 Å². The summed E-state index contributed by atoms with van der Waals surface area (Å²) in [6.07, 6.45) is 2.40. The molecule has 0 amide bonds. The molecule has 0 N–H and O–H groups in total. The second-order valence-electron chi connectivity index (χ2n) is 1.94. The Morgan fingerprint density at radius 1 is 1.46 bits per heavy atom. The Morgan fingerprint density at radius 2 is 2.00 bits per heavy atom. The number of esters is 1. The minimum Gasteiger partial charge on any atom is -0.463 e. The molecule has 0 aliphatic rings. The predicted octanol–water partition coefficient (Wildman–Crippen LogP) is 0.957. The molecule has 4 nitrogen and oxygen atoms in total. The van der Waals surface area contributed by atoms with Crippen molar-refractivity contribution in [2.24, 2.45) is 0 Å². The van der Waals surface area contributed by atoms with Gasteiger partial charge in [-0.25, -0.2) is 0 Å². The van der Waals surface area contributed by atoms with E-state index in [-0.39, 0.29) is 5.97 Å². The monoisotopic (exact) mass is 188 g/mol. The Hall–Kier alpha value is -1.16. The first kappa shape index (κ1) is 14.4. The third kappa shape index (κ3) is 24.8. The van der Waals surface area contributed by atoms with Gasteiger partial charge in [-0.2, -0.15) is 0 Å². The van der Waals surface area contributed by atoms with Crippen molar-refractivity contribution in [3.8, 4) is 0 Å². The Kier molecular flexibility index (Phi) is 14.8. The van der Waals surface area contributed by atoms with E-state index in [2.05, 4.69) is 11.3 Å². The second-order valence-corrected chi connectivity index (χ2v) is 1.94. The van der Waals surface area contributed by atoms with E-state index < -0.39 is 0 Å². The number of carbonyl (C=O) groups excluding carboxylic acids is 2. The zero-order chi connectivity index (χ0) is 10.5. The van der Waals surface area contributed by atoms with Gasteiger partial charge in [0.1, 0.15) is 12.9 Å². The van der Waals surface area contributed by atoms with Gasteiger partial charge >= 0.3 is 5.97 Å². The molecule has 0 heterocycles. The molecule has 13 heavy (non-hydrogen) atoms. The molecule has 0 saturated carbocycles. The van der Waals surface area contributed by atoms with Crippen LogP contribution in [0.25, 0.3) is 0 Å². The first-order valence-electron chi connectivity index (χ1n) is 3.90. The van der Waals surface area contributed by atoms with Crippen LogP contribution in [0.5, 0.6) is 0 Å². The molecule has 0 aliphatic carbocycles. The van der Waals surface area contributed by atoms with Crippen LogP contribution in [0.2, 0.25) is 0 Å². The van der Waals surface area contributed by atoms with Gasteiger partial charge in [0.2, 0.25) is 0 Å². The minimum atomic E-state index is -0.276. The summed E-state index contributed by atoms with van der Waals surface area (Å²) < 4.78 is 9.53. The zero-order valence-corrected chi connectivity index (χ0v) is 8.12. The Labute approximate surface area is 78.5 Å². The van der Waals surface area contributed by atoms with Crippen molar-refractivity contribution < 1.29 is 19.1 Å². The van der Waals surface area contributed by atoms with E-state index in [1.807, 2.05) is 0 Å². The summed E-state index contributed by atoms with van der Waals surface area (Å²) >= 11 is 0. The smallest absolute Gasteiger partial charge is 0.302 e. The van der Waals surface area contributed by atoms with Gasteiger partial charge in [-0.05, 0) is 6.92 Å². The number of hydrogen-bond acceptors (Lipinski definition) is 4. The lowest BCUT2D eigenvalue weighted by Gasteiger charge is -2.00. The first-order valence-corrected chi connectivity index (χ1v) is 3.90. The van der Waals surface area contributed by atoms with Gasteiger partial charge in [-0.3, -0.25) is 4.79 Å². The first-order chi connectivity index (χ1) is 6.18. The number of carbonyl (C=O) groups is 2. The third-order valence-electron chi connectivity index (χ3n) is 0.769. The summed E-state index contributed by atoms with van der Waals surface area (Å²) in [5.74, 6) is -0.276. The molecule has 0 rings (SSSR count). The average Bonchev–Trinajstić information content (AvgIpc) is 2.05. The molecule has 0 aliphatic heterocycles. The van der Waals surface area contributed by atoms with Gasteiger partial charge in [0, 0.05) is 6.92 Å². The van der Waals surface area contributed by atoms with Crippen molar-refractivity contribution >= 4 is 12.3 Å². The van der Waals surface area contributed by atoms with Crippen molar-refractivity contribution in [3.63, 3.8) is 0 Å². The van der Waals surface area contributed by atoms with Gasteiger partial charge in [0.15, 0.2) is 0 Å². The molecule has 0 saturated heterocycles. The zero-order valence-electron chi connectivity index (χ0n) is 8.12. The average molecular weight is 188 g/mol. The summed E-state index contributed by atoms with van der Waals surface area (Å²) in [6, 6.07) is 0. The van der Waals surface area contributed by atoms with E-state index in [1.54, 1.807) is 6.08 Å². The number of ether oxygens (including phenoxy) is 2.